The van der Waals surface area contributed by atoms with Crippen LogP contribution in [0.1, 0.15) is 87.2 Å². The first-order valence-corrected chi connectivity index (χ1v) is 8.42. The molecule has 0 aliphatic rings. The highest BCUT2D eigenvalue weighted by Crippen LogP contribution is 2.13. The van der Waals surface area contributed by atoms with Gasteiger partial charge < -0.3 is 0 Å². The summed E-state index contributed by atoms with van der Waals surface area (Å²) in [7, 11) is 0. The molecule has 19 heavy (non-hydrogen) atoms. The molecule has 0 saturated carbocycles. The molecule has 1 aromatic rings. The summed E-state index contributed by atoms with van der Waals surface area (Å²) in [6, 6.07) is 0. The fraction of sp³-hybridized carbons (Fsp3) is 0.800. The maximum Gasteiger partial charge on any atom is 0.176 e. The van der Waals surface area contributed by atoms with E-state index in [0.29, 0.717) is 11.3 Å². The Morgan fingerprint density at radius 1 is 1.00 bits per heavy atom. The lowest BCUT2D eigenvalue weighted by Crippen LogP contribution is -1.95. The van der Waals surface area contributed by atoms with E-state index < -0.39 is 0 Å². The van der Waals surface area contributed by atoms with Crippen molar-refractivity contribution in [1.29, 1.82) is 0 Å². The first-order valence-electron chi connectivity index (χ1n) is 7.65. The van der Waals surface area contributed by atoms with E-state index in [1.165, 1.54) is 69.3 Å². The molecule has 0 fully saturated rings. The standard InChI is InChI=1S/C15H26N2OS/c1-2-3-4-5-6-7-8-9-10-11-12-14(18)15-13-16-17-19-15/h13H,2-12H2,1H3. The molecule has 0 aromatic carbocycles. The number of nitrogens with zero attached hydrogens (tertiary/aromatic N) is 2. The molecule has 1 aromatic heterocycles. The second-order valence-electron chi connectivity index (χ2n) is 5.14. The van der Waals surface area contributed by atoms with Crippen LogP contribution >= 0.6 is 11.5 Å². The number of carbonyl (C=O) groups excluding carboxylic acids is 1. The van der Waals surface area contributed by atoms with Crippen LogP contribution in [0.4, 0.5) is 0 Å². The van der Waals surface area contributed by atoms with Crippen molar-refractivity contribution in [2.75, 3.05) is 0 Å². The van der Waals surface area contributed by atoms with E-state index in [1.54, 1.807) is 6.20 Å². The van der Waals surface area contributed by atoms with E-state index in [-0.39, 0.29) is 5.78 Å². The number of rotatable bonds is 12. The quantitative estimate of drug-likeness (QED) is 0.399. The summed E-state index contributed by atoms with van der Waals surface area (Å²) >= 11 is 1.20. The minimum absolute atomic E-state index is 0.203. The maximum atomic E-state index is 11.7. The minimum Gasteiger partial charge on any atom is -0.293 e. The molecule has 0 amide bonds. The van der Waals surface area contributed by atoms with Crippen molar-refractivity contribution in [3.05, 3.63) is 11.1 Å². The highest BCUT2D eigenvalue weighted by Gasteiger charge is 2.07. The zero-order valence-corrected chi connectivity index (χ0v) is 12.9. The molecule has 0 atom stereocenters. The fourth-order valence-corrected chi connectivity index (χ4v) is 2.67. The molecule has 0 unspecified atom stereocenters. The van der Waals surface area contributed by atoms with Gasteiger partial charge in [-0.1, -0.05) is 69.2 Å². The van der Waals surface area contributed by atoms with Gasteiger partial charge in [0.15, 0.2) is 5.78 Å². The topological polar surface area (TPSA) is 42.9 Å². The van der Waals surface area contributed by atoms with E-state index in [2.05, 4.69) is 16.5 Å². The summed E-state index contributed by atoms with van der Waals surface area (Å²) < 4.78 is 3.71. The highest BCUT2D eigenvalue weighted by atomic mass is 32.1. The molecule has 0 aliphatic carbocycles. The molecular formula is C15H26N2OS. The lowest BCUT2D eigenvalue weighted by atomic mass is 10.0. The molecule has 0 spiro atoms. The predicted octanol–water partition coefficient (Wildman–Crippen LogP) is 5.03. The van der Waals surface area contributed by atoms with Gasteiger partial charge in [-0.15, -0.1) is 5.10 Å². The monoisotopic (exact) mass is 282 g/mol. The van der Waals surface area contributed by atoms with Crippen molar-refractivity contribution in [3.63, 3.8) is 0 Å². The Kier molecular flexibility index (Phi) is 9.51. The number of aromatic nitrogens is 2. The minimum atomic E-state index is 0.203. The maximum absolute atomic E-state index is 11.7. The van der Waals surface area contributed by atoms with Gasteiger partial charge in [0.1, 0.15) is 4.88 Å². The normalized spacial score (nSPS) is 10.8. The Balaban J connectivity index is 1.85. The molecule has 0 bridgehead atoms. The van der Waals surface area contributed by atoms with Crippen LogP contribution in [0.25, 0.3) is 0 Å². The highest BCUT2D eigenvalue weighted by molar-refractivity contribution is 7.07. The average Bonchev–Trinajstić information content (AvgIpc) is 2.95. The Bertz CT molecular complexity index is 325. The molecule has 4 heteroatoms. The van der Waals surface area contributed by atoms with E-state index in [1.807, 2.05) is 0 Å². The smallest absolute Gasteiger partial charge is 0.176 e. The van der Waals surface area contributed by atoms with Gasteiger partial charge in [0.2, 0.25) is 0 Å². The van der Waals surface area contributed by atoms with E-state index in [9.17, 15) is 4.79 Å². The molecule has 1 rings (SSSR count). The zero-order valence-electron chi connectivity index (χ0n) is 12.1. The van der Waals surface area contributed by atoms with Gasteiger partial charge in [-0.05, 0) is 18.0 Å². The molecule has 0 aliphatic heterocycles. The van der Waals surface area contributed by atoms with Crippen LogP contribution in [0.2, 0.25) is 0 Å². The summed E-state index contributed by atoms with van der Waals surface area (Å²) in [6.45, 7) is 2.25. The Hall–Kier alpha value is -0.770. The van der Waals surface area contributed by atoms with E-state index in [0.717, 1.165) is 6.42 Å². The third-order valence-electron chi connectivity index (χ3n) is 3.39. The van der Waals surface area contributed by atoms with Gasteiger partial charge in [0.05, 0.1) is 6.20 Å². The number of ketones is 1. The van der Waals surface area contributed by atoms with Crippen molar-refractivity contribution >= 4 is 17.3 Å². The zero-order chi connectivity index (χ0) is 13.8. The third kappa shape index (κ3) is 8.09. The molecule has 108 valence electrons. The van der Waals surface area contributed by atoms with Crippen LogP contribution in [-0.2, 0) is 0 Å². The fourth-order valence-electron chi connectivity index (χ4n) is 2.19. The second kappa shape index (κ2) is 11.1. The van der Waals surface area contributed by atoms with Crippen LogP contribution < -0.4 is 0 Å². The first-order chi connectivity index (χ1) is 9.34. The van der Waals surface area contributed by atoms with E-state index in [4.69, 9.17) is 0 Å². The lowest BCUT2D eigenvalue weighted by molar-refractivity contribution is 0.0983. The molecule has 0 N–H and O–H groups in total. The molecule has 0 saturated heterocycles. The lowest BCUT2D eigenvalue weighted by Gasteiger charge is -2.01. The average molecular weight is 282 g/mol. The summed E-state index contributed by atoms with van der Waals surface area (Å²) in [5.41, 5.74) is 0. The molecule has 0 radical (unpaired) electrons. The molecule has 1 heterocycles. The number of unbranched alkanes of at least 4 members (excludes halogenated alkanes) is 9. The summed E-state index contributed by atoms with van der Waals surface area (Å²) in [6.07, 6.45) is 15.2. The summed E-state index contributed by atoms with van der Waals surface area (Å²) in [5.74, 6) is 0.203. The van der Waals surface area contributed by atoms with Crippen molar-refractivity contribution in [3.8, 4) is 0 Å². The predicted molar refractivity (Wildman–Crippen MR) is 80.7 cm³/mol. The Morgan fingerprint density at radius 2 is 1.58 bits per heavy atom. The Morgan fingerprint density at radius 3 is 2.11 bits per heavy atom. The summed E-state index contributed by atoms with van der Waals surface area (Å²) in [5, 5.41) is 3.69. The van der Waals surface area contributed by atoms with Gasteiger partial charge >= 0.3 is 0 Å². The van der Waals surface area contributed by atoms with Crippen molar-refractivity contribution in [1.82, 2.24) is 9.59 Å². The SMILES string of the molecule is CCCCCCCCCCCCC(=O)c1cnns1. The van der Waals surface area contributed by atoms with Crippen LogP contribution in [0.15, 0.2) is 6.20 Å². The largest absolute Gasteiger partial charge is 0.293 e. The number of carbonyl (C=O) groups is 1. The van der Waals surface area contributed by atoms with Gasteiger partial charge in [0.25, 0.3) is 0 Å². The van der Waals surface area contributed by atoms with E-state index >= 15 is 0 Å². The van der Waals surface area contributed by atoms with Gasteiger partial charge in [0, 0.05) is 6.42 Å². The van der Waals surface area contributed by atoms with Crippen LogP contribution in [0.3, 0.4) is 0 Å². The van der Waals surface area contributed by atoms with Gasteiger partial charge in [-0.25, -0.2) is 0 Å². The van der Waals surface area contributed by atoms with Crippen molar-refractivity contribution in [2.24, 2.45) is 0 Å². The first kappa shape index (κ1) is 16.3. The van der Waals surface area contributed by atoms with Crippen molar-refractivity contribution in [2.45, 2.75) is 77.6 Å². The summed E-state index contributed by atoms with van der Waals surface area (Å²) in [4.78, 5) is 12.4. The number of hydrogen-bond donors (Lipinski definition) is 0. The Labute approximate surface area is 121 Å². The third-order valence-corrected chi connectivity index (χ3v) is 4.10. The number of Topliss-reactive ketones (excluding diaryl/α,β-unsaturated/α-hetero) is 1. The van der Waals surface area contributed by atoms with Crippen LogP contribution in [-0.4, -0.2) is 15.4 Å². The van der Waals surface area contributed by atoms with Gasteiger partial charge in [-0.2, -0.15) is 0 Å². The van der Waals surface area contributed by atoms with Gasteiger partial charge in [-0.3, -0.25) is 4.79 Å². The number of hydrogen-bond acceptors (Lipinski definition) is 4. The van der Waals surface area contributed by atoms with Crippen LogP contribution in [0, 0.1) is 0 Å². The molecular weight excluding hydrogens is 256 g/mol. The second-order valence-corrected chi connectivity index (χ2v) is 5.92. The van der Waals surface area contributed by atoms with Crippen molar-refractivity contribution < 1.29 is 4.79 Å². The molecule has 3 nitrogen and oxygen atoms in total. The van der Waals surface area contributed by atoms with Crippen LogP contribution in [0.5, 0.6) is 0 Å².